The Morgan fingerprint density at radius 2 is 2.29 bits per heavy atom. The Kier molecular flexibility index (Phi) is 2.81. The van der Waals surface area contributed by atoms with Crippen molar-refractivity contribution in [2.24, 2.45) is 5.92 Å². The second-order valence-corrected chi connectivity index (χ2v) is 4.72. The molecule has 4 nitrogen and oxygen atoms in total. The number of rotatable bonds is 2. The first kappa shape index (κ1) is 10.7. The zero-order valence-electron chi connectivity index (χ0n) is 9.74. The molecule has 2 N–H and O–H groups in total. The first-order valence-corrected chi connectivity index (χ1v) is 6.16. The smallest absolute Gasteiger partial charge is 0.231 e. The molecule has 92 valence electrons. The molecule has 0 amide bonds. The number of phenolic OH excluding ortho intramolecular Hbond substituents is 1. The Bertz CT molecular complexity index is 413. The number of ether oxygens (including phenoxy) is 2. The fourth-order valence-corrected chi connectivity index (χ4v) is 2.57. The van der Waals surface area contributed by atoms with E-state index in [1.807, 2.05) is 12.1 Å². The van der Waals surface area contributed by atoms with Crippen LogP contribution in [0, 0.1) is 5.92 Å². The predicted octanol–water partition coefficient (Wildman–Crippen LogP) is 1.66. The average molecular weight is 235 g/mol. The molecular formula is C13H17NO3. The zero-order valence-corrected chi connectivity index (χ0v) is 9.74. The normalized spacial score (nSPS) is 22.7. The van der Waals surface area contributed by atoms with E-state index in [0.717, 1.165) is 25.1 Å². The molecule has 4 heteroatoms. The van der Waals surface area contributed by atoms with Crippen LogP contribution in [0.5, 0.6) is 17.2 Å². The van der Waals surface area contributed by atoms with Crippen LogP contribution in [0.2, 0.25) is 0 Å². The number of hydrogen-bond acceptors (Lipinski definition) is 4. The van der Waals surface area contributed by atoms with Gasteiger partial charge in [0.25, 0.3) is 0 Å². The molecule has 1 saturated heterocycles. The topological polar surface area (TPSA) is 50.7 Å². The zero-order chi connectivity index (χ0) is 11.7. The monoisotopic (exact) mass is 235 g/mol. The lowest BCUT2D eigenvalue weighted by molar-refractivity contribution is 0.171. The standard InChI is InChI=1S/C13H17NO3/c15-12-10(6-9-2-1-5-14-7-9)3-4-11-13(12)17-8-16-11/h3-4,9,14-15H,1-2,5-8H2. The van der Waals surface area contributed by atoms with Crippen molar-refractivity contribution in [3.8, 4) is 17.2 Å². The Balaban J connectivity index is 1.78. The summed E-state index contributed by atoms with van der Waals surface area (Å²) in [6, 6.07) is 3.82. The summed E-state index contributed by atoms with van der Waals surface area (Å²) in [4.78, 5) is 0. The van der Waals surface area contributed by atoms with E-state index in [-0.39, 0.29) is 12.5 Å². The van der Waals surface area contributed by atoms with Gasteiger partial charge in [0.05, 0.1) is 0 Å². The molecule has 0 bridgehead atoms. The molecule has 3 rings (SSSR count). The summed E-state index contributed by atoms with van der Waals surface area (Å²) < 4.78 is 10.5. The summed E-state index contributed by atoms with van der Waals surface area (Å²) in [5, 5.41) is 13.5. The van der Waals surface area contributed by atoms with E-state index >= 15 is 0 Å². The summed E-state index contributed by atoms with van der Waals surface area (Å²) in [5.41, 5.74) is 0.961. The van der Waals surface area contributed by atoms with Crippen molar-refractivity contribution in [1.29, 1.82) is 0 Å². The Morgan fingerprint density at radius 3 is 3.12 bits per heavy atom. The molecule has 1 unspecified atom stereocenters. The Morgan fingerprint density at radius 1 is 1.35 bits per heavy atom. The summed E-state index contributed by atoms with van der Waals surface area (Å²) in [7, 11) is 0. The van der Waals surface area contributed by atoms with Gasteiger partial charge in [0.2, 0.25) is 12.5 Å². The van der Waals surface area contributed by atoms with E-state index in [2.05, 4.69) is 5.32 Å². The molecule has 0 aliphatic carbocycles. The van der Waals surface area contributed by atoms with Gasteiger partial charge in [-0.15, -0.1) is 0 Å². The number of benzene rings is 1. The van der Waals surface area contributed by atoms with E-state index in [9.17, 15) is 5.11 Å². The number of hydrogen-bond donors (Lipinski definition) is 2. The van der Waals surface area contributed by atoms with Gasteiger partial charge in [-0.25, -0.2) is 0 Å². The van der Waals surface area contributed by atoms with Gasteiger partial charge in [-0.2, -0.15) is 0 Å². The highest BCUT2D eigenvalue weighted by Crippen LogP contribution is 2.43. The lowest BCUT2D eigenvalue weighted by atomic mass is 9.92. The van der Waals surface area contributed by atoms with Crippen LogP contribution in [0.15, 0.2) is 12.1 Å². The molecule has 1 fully saturated rings. The molecule has 0 radical (unpaired) electrons. The van der Waals surface area contributed by atoms with Crippen LogP contribution in [0.25, 0.3) is 0 Å². The number of nitrogens with one attached hydrogen (secondary N) is 1. The van der Waals surface area contributed by atoms with Gasteiger partial charge >= 0.3 is 0 Å². The Labute approximate surface area is 101 Å². The molecule has 1 aromatic rings. The van der Waals surface area contributed by atoms with E-state index in [1.165, 1.54) is 12.8 Å². The highest BCUT2D eigenvalue weighted by Gasteiger charge is 2.22. The third-order valence-electron chi connectivity index (χ3n) is 3.50. The van der Waals surface area contributed by atoms with Gasteiger partial charge in [-0.1, -0.05) is 6.07 Å². The van der Waals surface area contributed by atoms with Gasteiger partial charge in [0.1, 0.15) is 0 Å². The van der Waals surface area contributed by atoms with Crippen molar-refractivity contribution in [1.82, 2.24) is 5.32 Å². The second kappa shape index (κ2) is 4.45. The third-order valence-corrected chi connectivity index (χ3v) is 3.50. The molecule has 17 heavy (non-hydrogen) atoms. The summed E-state index contributed by atoms with van der Waals surface area (Å²) in [5.74, 6) is 2.01. The van der Waals surface area contributed by atoms with Gasteiger partial charge in [-0.3, -0.25) is 0 Å². The van der Waals surface area contributed by atoms with Crippen LogP contribution >= 0.6 is 0 Å². The fraction of sp³-hybridized carbons (Fsp3) is 0.538. The molecule has 2 aliphatic heterocycles. The first-order chi connectivity index (χ1) is 8.34. The molecule has 1 aromatic carbocycles. The quantitative estimate of drug-likeness (QED) is 0.818. The maximum absolute atomic E-state index is 10.1. The lowest BCUT2D eigenvalue weighted by Gasteiger charge is -2.23. The summed E-state index contributed by atoms with van der Waals surface area (Å²) >= 11 is 0. The number of phenols is 1. The van der Waals surface area contributed by atoms with E-state index < -0.39 is 0 Å². The molecule has 1 atom stereocenters. The molecule has 0 aromatic heterocycles. The van der Waals surface area contributed by atoms with E-state index in [0.29, 0.717) is 17.4 Å². The van der Waals surface area contributed by atoms with Gasteiger partial charge < -0.3 is 19.9 Å². The van der Waals surface area contributed by atoms with Gasteiger partial charge in [0, 0.05) is 0 Å². The van der Waals surface area contributed by atoms with Crippen molar-refractivity contribution in [3.63, 3.8) is 0 Å². The van der Waals surface area contributed by atoms with E-state index in [1.54, 1.807) is 0 Å². The van der Waals surface area contributed by atoms with E-state index in [4.69, 9.17) is 9.47 Å². The van der Waals surface area contributed by atoms with Crippen LogP contribution in [-0.2, 0) is 6.42 Å². The average Bonchev–Trinajstić information content (AvgIpc) is 2.83. The summed E-state index contributed by atoms with van der Waals surface area (Å²) in [6.45, 7) is 2.36. The SMILES string of the molecule is Oc1c(CC2CCCNC2)ccc2c1OCO2. The number of aromatic hydroxyl groups is 1. The largest absolute Gasteiger partial charge is 0.504 e. The highest BCUT2D eigenvalue weighted by atomic mass is 16.7. The molecule has 0 spiro atoms. The number of fused-ring (bicyclic) bond motifs is 1. The van der Waals surface area contributed by atoms with Crippen molar-refractivity contribution >= 4 is 0 Å². The van der Waals surface area contributed by atoms with Crippen LogP contribution in [0.4, 0.5) is 0 Å². The fourth-order valence-electron chi connectivity index (χ4n) is 2.57. The van der Waals surface area contributed by atoms with Crippen molar-refractivity contribution in [2.45, 2.75) is 19.3 Å². The van der Waals surface area contributed by atoms with Crippen LogP contribution in [-0.4, -0.2) is 25.0 Å². The second-order valence-electron chi connectivity index (χ2n) is 4.72. The maximum Gasteiger partial charge on any atom is 0.231 e. The van der Waals surface area contributed by atoms with Crippen molar-refractivity contribution in [3.05, 3.63) is 17.7 Å². The first-order valence-electron chi connectivity index (χ1n) is 6.16. The highest BCUT2D eigenvalue weighted by molar-refractivity contribution is 5.56. The molecule has 2 aliphatic rings. The van der Waals surface area contributed by atoms with Crippen LogP contribution < -0.4 is 14.8 Å². The maximum atomic E-state index is 10.1. The lowest BCUT2D eigenvalue weighted by Crippen LogP contribution is -2.30. The minimum Gasteiger partial charge on any atom is -0.504 e. The van der Waals surface area contributed by atoms with Gasteiger partial charge in [0.15, 0.2) is 11.5 Å². The molecule has 2 heterocycles. The number of piperidine rings is 1. The van der Waals surface area contributed by atoms with Crippen LogP contribution in [0.1, 0.15) is 18.4 Å². The summed E-state index contributed by atoms with van der Waals surface area (Å²) in [6.07, 6.45) is 3.34. The van der Waals surface area contributed by atoms with Crippen molar-refractivity contribution in [2.75, 3.05) is 19.9 Å². The predicted molar refractivity (Wildman–Crippen MR) is 63.5 cm³/mol. The molecule has 0 saturated carbocycles. The minimum atomic E-state index is 0.206. The third kappa shape index (κ3) is 2.05. The van der Waals surface area contributed by atoms with Crippen molar-refractivity contribution < 1.29 is 14.6 Å². The molecular weight excluding hydrogens is 218 g/mol. The van der Waals surface area contributed by atoms with Gasteiger partial charge in [-0.05, 0) is 49.9 Å². The Hall–Kier alpha value is -1.42. The van der Waals surface area contributed by atoms with Crippen LogP contribution in [0.3, 0.4) is 0 Å². The minimum absolute atomic E-state index is 0.206.